The van der Waals surface area contributed by atoms with Gasteiger partial charge in [0.1, 0.15) is 12.3 Å². The Kier molecular flexibility index (Phi) is 5.05. The van der Waals surface area contributed by atoms with Crippen LogP contribution in [0, 0.1) is 0 Å². The first-order valence-electron chi connectivity index (χ1n) is 7.82. The van der Waals surface area contributed by atoms with Crippen molar-refractivity contribution in [3.8, 4) is 0 Å². The third kappa shape index (κ3) is 3.38. The van der Waals surface area contributed by atoms with Crippen LogP contribution in [0.1, 0.15) is 18.9 Å². The number of ether oxygens (including phenoxy) is 1. The van der Waals surface area contributed by atoms with Gasteiger partial charge in [0.25, 0.3) is 5.91 Å². The molecule has 1 aromatic carbocycles. The van der Waals surface area contributed by atoms with Crippen molar-refractivity contribution in [3.05, 3.63) is 88.7 Å². The standard InChI is InChI=1S/C20H18ClNO2/c1-15-9-10-18-19(24-14-16-6-3-2-4-7-16)8-5-13-22(18)20(23)17(15)11-12-21/h2-9,13H,11-12,14H2,1H3. The molecule has 0 spiro atoms. The fourth-order valence-electron chi connectivity index (χ4n) is 2.63. The molecule has 0 unspecified atom stereocenters. The number of amides is 1. The SMILES string of the molecule is CC1=C(CCCl)C(=O)N2C=CC=C(OCc3ccccc3)C2=C=C1. The zero-order valence-corrected chi connectivity index (χ0v) is 14.2. The fourth-order valence-corrected chi connectivity index (χ4v) is 2.82. The van der Waals surface area contributed by atoms with Gasteiger partial charge in [0.15, 0.2) is 5.76 Å². The molecule has 0 aliphatic carbocycles. The number of nitrogens with zero attached hydrogens (tertiary/aromatic N) is 1. The third-order valence-electron chi connectivity index (χ3n) is 3.92. The highest BCUT2D eigenvalue weighted by molar-refractivity contribution is 6.18. The van der Waals surface area contributed by atoms with E-state index in [1.807, 2.05) is 55.5 Å². The number of hydrogen-bond donors (Lipinski definition) is 0. The summed E-state index contributed by atoms with van der Waals surface area (Å²) in [5.41, 5.74) is 6.48. The van der Waals surface area contributed by atoms with Gasteiger partial charge in [0.05, 0.1) is 0 Å². The minimum absolute atomic E-state index is 0.0745. The molecule has 3 rings (SSSR count). The first-order valence-corrected chi connectivity index (χ1v) is 8.35. The van der Waals surface area contributed by atoms with Gasteiger partial charge in [0, 0.05) is 17.7 Å². The molecule has 0 atom stereocenters. The summed E-state index contributed by atoms with van der Waals surface area (Å²) in [6, 6.07) is 9.92. The molecule has 3 nitrogen and oxygen atoms in total. The monoisotopic (exact) mass is 339 g/mol. The highest BCUT2D eigenvalue weighted by Crippen LogP contribution is 2.28. The molecule has 0 bridgehead atoms. The third-order valence-corrected chi connectivity index (χ3v) is 4.11. The van der Waals surface area contributed by atoms with Crippen molar-refractivity contribution < 1.29 is 9.53 Å². The molecular weight excluding hydrogens is 322 g/mol. The van der Waals surface area contributed by atoms with Gasteiger partial charge in [-0.05, 0) is 42.7 Å². The average Bonchev–Trinajstić information content (AvgIpc) is 2.73. The van der Waals surface area contributed by atoms with Crippen molar-refractivity contribution in [1.82, 2.24) is 4.90 Å². The maximum Gasteiger partial charge on any atom is 0.259 e. The average molecular weight is 340 g/mol. The van der Waals surface area contributed by atoms with Gasteiger partial charge in [-0.2, -0.15) is 0 Å². The normalized spacial score (nSPS) is 16.6. The fraction of sp³-hybridized carbons (Fsp3) is 0.200. The van der Waals surface area contributed by atoms with Crippen LogP contribution in [0.5, 0.6) is 0 Å². The minimum Gasteiger partial charge on any atom is -0.486 e. The highest BCUT2D eigenvalue weighted by atomic mass is 35.5. The molecule has 1 aromatic rings. The summed E-state index contributed by atoms with van der Waals surface area (Å²) >= 11 is 5.84. The minimum atomic E-state index is -0.0745. The predicted octanol–water partition coefficient (Wildman–Crippen LogP) is 4.44. The molecule has 0 fully saturated rings. The lowest BCUT2D eigenvalue weighted by atomic mass is 10.1. The molecule has 2 aliphatic rings. The van der Waals surface area contributed by atoms with Crippen molar-refractivity contribution in [3.63, 3.8) is 0 Å². The number of rotatable bonds is 5. The second-order valence-corrected chi connectivity index (χ2v) is 5.94. The summed E-state index contributed by atoms with van der Waals surface area (Å²) in [6.07, 6.45) is 7.76. The van der Waals surface area contributed by atoms with E-state index in [2.05, 4.69) is 5.73 Å². The number of hydrogen-bond acceptors (Lipinski definition) is 2. The van der Waals surface area contributed by atoms with Crippen LogP contribution < -0.4 is 0 Å². The van der Waals surface area contributed by atoms with E-state index in [0.29, 0.717) is 35.9 Å². The van der Waals surface area contributed by atoms with E-state index in [-0.39, 0.29) is 5.91 Å². The first-order chi connectivity index (χ1) is 11.7. The Morgan fingerprint density at radius 1 is 1.25 bits per heavy atom. The molecule has 0 aromatic heterocycles. The van der Waals surface area contributed by atoms with Crippen molar-refractivity contribution in [2.75, 3.05) is 5.88 Å². The van der Waals surface area contributed by atoms with E-state index in [4.69, 9.17) is 16.3 Å². The summed E-state index contributed by atoms with van der Waals surface area (Å²) in [6.45, 7) is 2.35. The molecule has 0 saturated carbocycles. The zero-order valence-electron chi connectivity index (χ0n) is 13.5. The molecule has 1 amide bonds. The van der Waals surface area contributed by atoms with Crippen LogP contribution in [0.15, 0.2) is 83.1 Å². The van der Waals surface area contributed by atoms with Crippen LogP contribution in [0.3, 0.4) is 0 Å². The second-order valence-electron chi connectivity index (χ2n) is 5.56. The van der Waals surface area contributed by atoms with Crippen molar-refractivity contribution in [2.24, 2.45) is 0 Å². The number of fused-ring (bicyclic) bond motifs is 1. The van der Waals surface area contributed by atoms with Gasteiger partial charge in [-0.25, -0.2) is 0 Å². The predicted molar refractivity (Wildman–Crippen MR) is 94.9 cm³/mol. The smallest absolute Gasteiger partial charge is 0.259 e. The molecule has 0 saturated heterocycles. The Bertz CT molecular complexity index is 796. The maximum atomic E-state index is 12.8. The summed E-state index contributed by atoms with van der Waals surface area (Å²) in [5.74, 6) is 0.965. The van der Waals surface area contributed by atoms with Crippen molar-refractivity contribution in [1.29, 1.82) is 0 Å². The lowest BCUT2D eigenvalue weighted by Gasteiger charge is -2.25. The Morgan fingerprint density at radius 3 is 2.79 bits per heavy atom. The Labute approximate surface area is 146 Å². The Hall–Kier alpha value is -2.48. The van der Waals surface area contributed by atoms with E-state index in [1.54, 1.807) is 11.1 Å². The van der Waals surface area contributed by atoms with E-state index in [1.165, 1.54) is 0 Å². The second kappa shape index (κ2) is 7.39. The van der Waals surface area contributed by atoms with Gasteiger partial charge in [-0.15, -0.1) is 11.6 Å². The highest BCUT2D eigenvalue weighted by Gasteiger charge is 2.27. The van der Waals surface area contributed by atoms with Crippen LogP contribution in [-0.2, 0) is 16.1 Å². The molecule has 24 heavy (non-hydrogen) atoms. The quantitative estimate of drug-likeness (QED) is 0.586. The van der Waals surface area contributed by atoms with Crippen LogP contribution >= 0.6 is 11.6 Å². The Balaban J connectivity index is 1.86. The largest absolute Gasteiger partial charge is 0.486 e. The van der Waals surface area contributed by atoms with Crippen LogP contribution in [0.25, 0.3) is 0 Å². The maximum absolute atomic E-state index is 12.8. The van der Waals surface area contributed by atoms with Crippen molar-refractivity contribution in [2.45, 2.75) is 20.0 Å². The molecule has 0 N–H and O–H groups in total. The summed E-state index contributed by atoms with van der Waals surface area (Å²) < 4.78 is 5.92. The van der Waals surface area contributed by atoms with E-state index < -0.39 is 0 Å². The number of benzene rings is 1. The zero-order chi connectivity index (χ0) is 16.9. The van der Waals surface area contributed by atoms with Gasteiger partial charge in [0.2, 0.25) is 0 Å². The van der Waals surface area contributed by atoms with E-state index in [9.17, 15) is 4.79 Å². The first kappa shape index (κ1) is 16.4. The van der Waals surface area contributed by atoms with Gasteiger partial charge in [-0.1, -0.05) is 36.1 Å². The van der Waals surface area contributed by atoms with Gasteiger partial charge < -0.3 is 4.74 Å². The molecule has 0 radical (unpaired) electrons. The molecular formula is C20H18ClNO2. The molecule has 122 valence electrons. The lowest BCUT2D eigenvalue weighted by molar-refractivity contribution is -0.123. The molecule has 2 heterocycles. The van der Waals surface area contributed by atoms with E-state index >= 15 is 0 Å². The van der Waals surface area contributed by atoms with E-state index in [0.717, 1.165) is 11.1 Å². The number of allylic oxidation sites excluding steroid dienone is 3. The lowest BCUT2D eigenvalue weighted by Crippen LogP contribution is -2.29. The topological polar surface area (TPSA) is 29.5 Å². The number of carbonyl (C=O) groups excluding carboxylic acids is 1. The summed E-state index contributed by atoms with van der Waals surface area (Å²) in [5, 5.41) is 0. The molecule has 2 aliphatic heterocycles. The summed E-state index contributed by atoms with van der Waals surface area (Å²) in [4.78, 5) is 14.4. The van der Waals surface area contributed by atoms with Crippen LogP contribution in [0.4, 0.5) is 0 Å². The summed E-state index contributed by atoms with van der Waals surface area (Å²) in [7, 11) is 0. The Morgan fingerprint density at radius 2 is 2.04 bits per heavy atom. The van der Waals surface area contributed by atoms with Crippen LogP contribution in [-0.4, -0.2) is 16.7 Å². The number of carbonyl (C=O) groups is 1. The van der Waals surface area contributed by atoms with Gasteiger partial charge in [-0.3, -0.25) is 9.69 Å². The van der Waals surface area contributed by atoms with Gasteiger partial charge >= 0.3 is 0 Å². The van der Waals surface area contributed by atoms with Crippen molar-refractivity contribution >= 4 is 17.5 Å². The number of halogens is 1. The van der Waals surface area contributed by atoms with Crippen LogP contribution in [0.2, 0.25) is 0 Å². The number of alkyl halides is 1. The molecule has 4 heteroatoms.